The molecule has 1 aromatic rings. The second-order valence-electron chi connectivity index (χ2n) is 8.18. The molecule has 27 heavy (non-hydrogen) atoms. The predicted octanol–water partition coefficient (Wildman–Crippen LogP) is 2.36. The summed E-state index contributed by atoms with van der Waals surface area (Å²) in [6, 6.07) is 7.92. The lowest BCUT2D eigenvalue weighted by Crippen LogP contribution is -2.54. The number of ether oxygens (including phenoxy) is 1. The Hall–Kier alpha value is -1.79. The zero-order valence-corrected chi connectivity index (χ0v) is 17.2. The molecule has 1 aliphatic rings. The molecule has 6 nitrogen and oxygen atoms in total. The molecule has 0 spiro atoms. The van der Waals surface area contributed by atoms with Gasteiger partial charge in [-0.1, -0.05) is 18.2 Å². The predicted molar refractivity (Wildman–Crippen MR) is 108 cm³/mol. The molecule has 1 heterocycles. The molecule has 0 saturated carbocycles. The van der Waals surface area contributed by atoms with E-state index >= 15 is 0 Å². The minimum absolute atomic E-state index is 0.0476. The summed E-state index contributed by atoms with van der Waals surface area (Å²) in [6.45, 7) is 6.82. The fourth-order valence-electron chi connectivity index (χ4n) is 3.86. The molecule has 0 radical (unpaired) electrons. The number of para-hydroxylation sites is 1. The number of nitrogens with one attached hydrogen (secondary N) is 1. The lowest BCUT2D eigenvalue weighted by atomic mass is 9.80. The standard InChI is InChI=1S/C21H35N3O3/c1-17(2)27-19-9-6-5-8-18(19)10-12-22-20(26)24-13-7-11-21(15-24,16-25)14-23(3)4/h5-6,8-9,17,25H,7,10-16H2,1-4H3,(H,22,26). The second kappa shape index (κ2) is 9.95. The number of hydrogen-bond donors (Lipinski definition) is 2. The summed E-state index contributed by atoms with van der Waals surface area (Å²) in [5.41, 5.74) is 0.874. The second-order valence-corrected chi connectivity index (χ2v) is 8.18. The van der Waals surface area contributed by atoms with Gasteiger partial charge >= 0.3 is 6.03 Å². The maximum atomic E-state index is 12.6. The van der Waals surface area contributed by atoms with Crippen molar-refractivity contribution in [1.29, 1.82) is 0 Å². The highest BCUT2D eigenvalue weighted by molar-refractivity contribution is 5.74. The Morgan fingerprint density at radius 1 is 1.37 bits per heavy atom. The quantitative estimate of drug-likeness (QED) is 0.730. The van der Waals surface area contributed by atoms with E-state index in [1.807, 2.05) is 57.1 Å². The third-order valence-corrected chi connectivity index (χ3v) is 4.94. The van der Waals surface area contributed by atoms with E-state index in [-0.39, 0.29) is 24.2 Å². The number of urea groups is 1. The van der Waals surface area contributed by atoms with Crippen LogP contribution in [0.1, 0.15) is 32.3 Å². The third kappa shape index (κ3) is 6.40. The van der Waals surface area contributed by atoms with Gasteiger partial charge in [0.25, 0.3) is 0 Å². The van der Waals surface area contributed by atoms with Crippen LogP contribution in [0, 0.1) is 5.41 Å². The molecule has 2 amide bonds. The summed E-state index contributed by atoms with van der Waals surface area (Å²) >= 11 is 0. The molecule has 1 atom stereocenters. The molecular weight excluding hydrogens is 342 g/mol. The molecule has 1 aromatic carbocycles. The number of hydrogen-bond acceptors (Lipinski definition) is 4. The highest BCUT2D eigenvalue weighted by Gasteiger charge is 2.37. The Morgan fingerprint density at radius 2 is 2.11 bits per heavy atom. The lowest BCUT2D eigenvalue weighted by Gasteiger charge is -2.43. The Labute approximate surface area is 163 Å². The van der Waals surface area contributed by atoms with Crippen molar-refractivity contribution in [2.24, 2.45) is 5.41 Å². The minimum Gasteiger partial charge on any atom is -0.491 e. The first-order valence-corrected chi connectivity index (χ1v) is 9.88. The average Bonchev–Trinajstić information content (AvgIpc) is 2.62. The van der Waals surface area contributed by atoms with E-state index in [0.29, 0.717) is 13.1 Å². The number of amides is 2. The average molecular weight is 378 g/mol. The summed E-state index contributed by atoms with van der Waals surface area (Å²) in [5, 5.41) is 13.0. The molecule has 1 aliphatic heterocycles. The molecule has 0 aromatic heterocycles. The van der Waals surface area contributed by atoms with Crippen LogP contribution in [0.5, 0.6) is 5.75 Å². The summed E-state index contributed by atoms with van der Waals surface area (Å²) in [7, 11) is 4.01. The first kappa shape index (κ1) is 21.5. The number of piperidine rings is 1. The molecule has 2 N–H and O–H groups in total. The van der Waals surface area contributed by atoms with E-state index < -0.39 is 0 Å². The van der Waals surface area contributed by atoms with E-state index in [1.165, 1.54) is 0 Å². The van der Waals surface area contributed by atoms with Gasteiger partial charge in [-0.3, -0.25) is 0 Å². The van der Waals surface area contributed by atoms with E-state index in [9.17, 15) is 9.90 Å². The van der Waals surface area contributed by atoms with Gasteiger partial charge in [0, 0.05) is 31.6 Å². The number of aliphatic hydroxyl groups is 1. The van der Waals surface area contributed by atoms with Crippen LogP contribution in [0.3, 0.4) is 0 Å². The summed E-state index contributed by atoms with van der Waals surface area (Å²) in [5.74, 6) is 0.880. The van der Waals surface area contributed by atoms with Crippen LogP contribution in [0.15, 0.2) is 24.3 Å². The van der Waals surface area contributed by atoms with Crippen LogP contribution in [0.4, 0.5) is 4.79 Å². The van der Waals surface area contributed by atoms with Crippen LogP contribution in [-0.2, 0) is 6.42 Å². The van der Waals surface area contributed by atoms with Crippen LogP contribution < -0.4 is 10.1 Å². The topological polar surface area (TPSA) is 65.0 Å². The molecule has 0 aliphatic carbocycles. The molecule has 0 bridgehead atoms. The first-order valence-electron chi connectivity index (χ1n) is 9.88. The van der Waals surface area contributed by atoms with Gasteiger partial charge in [0.15, 0.2) is 0 Å². The van der Waals surface area contributed by atoms with E-state index in [1.54, 1.807) is 0 Å². The van der Waals surface area contributed by atoms with Crippen molar-refractivity contribution < 1.29 is 14.6 Å². The minimum atomic E-state index is -0.225. The number of nitrogens with zero attached hydrogens (tertiary/aromatic N) is 2. The van der Waals surface area contributed by atoms with Crippen LogP contribution in [-0.4, -0.2) is 73.9 Å². The van der Waals surface area contributed by atoms with Crippen molar-refractivity contribution in [2.75, 3.05) is 46.9 Å². The molecule has 1 unspecified atom stereocenters. The number of rotatable bonds is 8. The summed E-state index contributed by atoms with van der Waals surface area (Å²) in [4.78, 5) is 16.6. The Kier molecular flexibility index (Phi) is 7.92. The summed E-state index contributed by atoms with van der Waals surface area (Å²) < 4.78 is 5.84. The van der Waals surface area contributed by atoms with Gasteiger partial charge in [0.1, 0.15) is 5.75 Å². The number of likely N-dealkylation sites (tertiary alicyclic amines) is 1. The number of benzene rings is 1. The van der Waals surface area contributed by atoms with Crippen molar-refractivity contribution in [3.05, 3.63) is 29.8 Å². The zero-order chi connectivity index (χ0) is 19.9. The van der Waals surface area contributed by atoms with Crippen molar-refractivity contribution >= 4 is 6.03 Å². The van der Waals surface area contributed by atoms with E-state index in [4.69, 9.17) is 4.74 Å². The SMILES string of the molecule is CC(C)Oc1ccccc1CCNC(=O)N1CCCC(CO)(CN(C)C)C1. The number of carbonyl (C=O) groups excluding carboxylic acids is 1. The van der Waals surface area contributed by atoms with Gasteiger partial charge in [-0.05, 0) is 58.8 Å². The van der Waals surface area contributed by atoms with E-state index in [0.717, 1.165) is 43.7 Å². The normalized spacial score (nSPS) is 20.2. The van der Waals surface area contributed by atoms with E-state index in [2.05, 4.69) is 10.2 Å². The fourth-order valence-corrected chi connectivity index (χ4v) is 3.86. The highest BCUT2D eigenvalue weighted by Crippen LogP contribution is 2.30. The number of carbonyl (C=O) groups is 1. The van der Waals surface area contributed by atoms with Crippen LogP contribution in [0.2, 0.25) is 0 Å². The molecule has 2 rings (SSSR count). The molecule has 6 heteroatoms. The zero-order valence-electron chi connectivity index (χ0n) is 17.2. The largest absolute Gasteiger partial charge is 0.491 e. The monoisotopic (exact) mass is 377 g/mol. The Morgan fingerprint density at radius 3 is 2.78 bits per heavy atom. The maximum Gasteiger partial charge on any atom is 0.317 e. The highest BCUT2D eigenvalue weighted by atomic mass is 16.5. The maximum absolute atomic E-state index is 12.6. The third-order valence-electron chi connectivity index (χ3n) is 4.94. The van der Waals surface area contributed by atoms with Gasteiger partial charge in [0.05, 0.1) is 12.7 Å². The molecule has 1 saturated heterocycles. The van der Waals surface area contributed by atoms with Gasteiger partial charge in [-0.2, -0.15) is 0 Å². The van der Waals surface area contributed by atoms with Crippen molar-refractivity contribution in [1.82, 2.24) is 15.1 Å². The first-order chi connectivity index (χ1) is 12.8. The van der Waals surface area contributed by atoms with Crippen LogP contribution in [0.25, 0.3) is 0 Å². The fraction of sp³-hybridized carbons (Fsp3) is 0.667. The molecular formula is C21H35N3O3. The molecule has 152 valence electrons. The van der Waals surface area contributed by atoms with Crippen molar-refractivity contribution in [2.45, 2.75) is 39.2 Å². The number of aliphatic hydroxyl groups excluding tert-OH is 1. The van der Waals surface area contributed by atoms with Crippen molar-refractivity contribution in [3.8, 4) is 5.75 Å². The molecule has 1 fully saturated rings. The summed E-state index contributed by atoms with van der Waals surface area (Å²) in [6.07, 6.45) is 2.72. The Bertz CT molecular complexity index is 606. The lowest BCUT2D eigenvalue weighted by molar-refractivity contribution is 0.0272. The van der Waals surface area contributed by atoms with Crippen molar-refractivity contribution in [3.63, 3.8) is 0 Å². The smallest absolute Gasteiger partial charge is 0.317 e. The Balaban J connectivity index is 1.89. The van der Waals surface area contributed by atoms with Gasteiger partial charge in [-0.15, -0.1) is 0 Å². The van der Waals surface area contributed by atoms with Gasteiger partial charge in [-0.25, -0.2) is 4.79 Å². The van der Waals surface area contributed by atoms with Crippen LogP contribution >= 0.6 is 0 Å². The van der Waals surface area contributed by atoms with Gasteiger partial charge < -0.3 is 25.0 Å². The van der Waals surface area contributed by atoms with Gasteiger partial charge in [0.2, 0.25) is 0 Å².